The highest BCUT2D eigenvalue weighted by Crippen LogP contribution is 2.33. The Bertz CT molecular complexity index is 970. The van der Waals surface area contributed by atoms with Gasteiger partial charge in [-0.25, -0.2) is 0 Å². The number of rotatable bonds is 7. The number of likely N-dealkylation sites (tertiary alicyclic amines) is 1. The lowest BCUT2D eigenvalue weighted by atomic mass is 10.0. The Labute approximate surface area is 178 Å². The van der Waals surface area contributed by atoms with Crippen LogP contribution in [0, 0.1) is 17.2 Å². The number of aromatic amines is 1. The van der Waals surface area contributed by atoms with Crippen LogP contribution in [0.2, 0.25) is 30.7 Å². The third-order valence-electron chi connectivity index (χ3n) is 5.59. The van der Waals surface area contributed by atoms with Gasteiger partial charge in [-0.2, -0.15) is 5.26 Å². The SMILES string of the molecule is C[C@H]1CCCN(Cc2c(Cl)c3c(C#N)c[nH]c(=O)c3n2COCC[Si](C)(C)C)C1. The highest BCUT2D eigenvalue weighted by molar-refractivity contribution is 6.76. The lowest BCUT2D eigenvalue weighted by molar-refractivity contribution is 0.0849. The molecule has 2 aromatic heterocycles. The smallest absolute Gasteiger partial charge is 0.272 e. The number of fused-ring (bicyclic) bond motifs is 1. The quantitative estimate of drug-likeness (QED) is 0.517. The maximum absolute atomic E-state index is 12.7. The Hall–Kier alpha value is -1.59. The van der Waals surface area contributed by atoms with Crippen molar-refractivity contribution in [2.24, 2.45) is 5.92 Å². The summed E-state index contributed by atoms with van der Waals surface area (Å²) in [4.78, 5) is 17.7. The van der Waals surface area contributed by atoms with E-state index in [4.69, 9.17) is 16.3 Å². The Balaban J connectivity index is 1.98. The van der Waals surface area contributed by atoms with E-state index in [0.29, 0.717) is 40.6 Å². The molecule has 0 saturated carbocycles. The Kier molecular flexibility index (Phi) is 6.89. The van der Waals surface area contributed by atoms with Gasteiger partial charge >= 0.3 is 0 Å². The summed E-state index contributed by atoms with van der Waals surface area (Å²) < 4.78 is 7.86. The fraction of sp³-hybridized carbons (Fsp3) is 0.619. The van der Waals surface area contributed by atoms with Crippen LogP contribution < -0.4 is 5.56 Å². The fourth-order valence-corrected chi connectivity index (χ4v) is 5.07. The van der Waals surface area contributed by atoms with E-state index >= 15 is 0 Å². The van der Waals surface area contributed by atoms with Gasteiger partial charge in [0.15, 0.2) is 0 Å². The number of halogens is 1. The van der Waals surface area contributed by atoms with Crippen molar-refractivity contribution in [3.63, 3.8) is 0 Å². The second-order valence-electron chi connectivity index (χ2n) is 9.39. The number of aromatic nitrogens is 2. The van der Waals surface area contributed by atoms with Crippen molar-refractivity contribution in [1.82, 2.24) is 14.5 Å². The zero-order valence-electron chi connectivity index (χ0n) is 17.8. The lowest BCUT2D eigenvalue weighted by Gasteiger charge is -2.31. The minimum atomic E-state index is -1.21. The summed E-state index contributed by atoms with van der Waals surface area (Å²) in [7, 11) is -1.21. The first-order chi connectivity index (χ1) is 13.7. The monoisotopic (exact) mass is 434 g/mol. The van der Waals surface area contributed by atoms with Crippen molar-refractivity contribution < 1.29 is 4.74 Å². The Morgan fingerprint density at radius 1 is 1.41 bits per heavy atom. The Morgan fingerprint density at radius 3 is 2.83 bits per heavy atom. The first-order valence-electron chi connectivity index (χ1n) is 10.3. The van der Waals surface area contributed by atoms with Crippen LogP contribution in [-0.4, -0.2) is 42.2 Å². The first kappa shape index (κ1) is 22.1. The molecule has 3 heterocycles. The maximum atomic E-state index is 12.7. The number of nitriles is 1. The van der Waals surface area contributed by atoms with Crippen LogP contribution in [0.25, 0.3) is 10.9 Å². The van der Waals surface area contributed by atoms with Gasteiger partial charge in [-0.15, -0.1) is 0 Å². The van der Waals surface area contributed by atoms with Crippen molar-refractivity contribution >= 4 is 30.6 Å². The van der Waals surface area contributed by atoms with Crippen LogP contribution in [0.5, 0.6) is 0 Å². The standard InChI is InChI=1S/C21H31ClN4O2Si/c1-15-6-5-7-25(12-15)13-17-19(22)18-16(10-23)11-24-21(27)20(18)26(17)14-28-8-9-29(2,3)4/h11,15H,5-9,12-14H2,1-4H3,(H,24,27)/t15-/m0/s1. The molecule has 1 atom stereocenters. The van der Waals surface area contributed by atoms with Gasteiger partial charge in [0.1, 0.15) is 18.3 Å². The molecule has 0 radical (unpaired) electrons. The van der Waals surface area contributed by atoms with E-state index in [2.05, 4.69) is 42.5 Å². The van der Waals surface area contributed by atoms with Crippen molar-refractivity contribution in [3.05, 3.63) is 32.8 Å². The largest absolute Gasteiger partial charge is 0.361 e. The van der Waals surface area contributed by atoms with Crippen LogP contribution in [-0.2, 0) is 18.0 Å². The predicted octanol–water partition coefficient (Wildman–Crippen LogP) is 4.40. The van der Waals surface area contributed by atoms with E-state index in [1.165, 1.54) is 12.6 Å². The van der Waals surface area contributed by atoms with Gasteiger partial charge in [0.2, 0.25) is 0 Å². The molecule has 0 bridgehead atoms. The zero-order chi connectivity index (χ0) is 21.2. The molecule has 1 aliphatic rings. The van der Waals surface area contributed by atoms with E-state index in [1.807, 2.05) is 4.57 Å². The second kappa shape index (κ2) is 9.05. The molecule has 1 fully saturated rings. The number of H-pyrrole nitrogens is 1. The average molecular weight is 435 g/mol. The molecule has 1 N–H and O–H groups in total. The molecular weight excluding hydrogens is 404 g/mol. The summed E-state index contributed by atoms with van der Waals surface area (Å²) >= 11 is 6.76. The van der Waals surface area contributed by atoms with Crippen LogP contribution in [0.1, 0.15) is 31.0 Å². The topological polar surface area (TPSA) is 74.0 Å². The summed E-state index contributed by atoms with van der Waals surface area (Å²) in [5, 5.41) is 10.6. The summed E-state index contributed by atoms with van der Waals surface area (Å²) in [5.74, 6) is 0.645. The molecule has 8 heteroatoms. The van der Waals surface area contributed by atoms with Crippen LogP contribution >= 0.6 is 11.6 Å². The summed E-state index contributed by atoms with van der Waals surface area (Å²) in [5.41, 5.74) is 1.44. The highest BCUT2D eigenvalue weighted by Gasteiger charge is 2.25. The number of nitrogens with one attached hydrogen (secondary N) is 1. The van der Waals surface area contributed by atoms with E-state index in [0.717, 1.165) is 31.2 Å². The zero-order valence-corrected chi connectivity index (χ0v) is 19.6. The molecule has 0 spiro atoms. The van der Waals surface area contributed by atoms with Gasteiger partial charge in [0.05, 0.1) is 16.3 Å². The molecule has 158 valence electrons. The summed E-state index contributed by atoms with van der Waals surface area (Å²) in [6.45, 7) is 12.8. The number of piperidine rings is 1. The molecule has 0 aromatic carbocycles. The number of hydrogen-bond donors (Lipinski definition) is 1. The Morgan fingerprint density at radius 2 is 2.17 bits per heavy atom. The summed E-state index contributed by atoms with van der Waals surface area (Å²) in [6, 6.07) is 3.21. The highest BCUT2D eigenvalue weighted by atomic mass is 35.5. The van der Waals surface area contributed by atoms with Gasteiger partial charge < -0.3 is 14.3 Å². The van der Waals surface area contributed by atoms with Gasteiger partial charge in [-0.05, 0) is 31.3 Å². The molecule has 3 rings (SSSR count). The number of nitrogens with zero attached hydrogens (tertiary/aromatic N) is 3. The van der Waals surface area contributed by atoms with Gasteiger partial charge in [0.25, 0.3) is 5.56 Å². The summed E-state index contributed by atoms with van der Waals surface area (Å²) in [6.07, 6.45) is 3.85. The van der Waals surface area contributed by atoms with Crippen LogP contribution in [0.3, 0.4) is 0 Å². The molecule has 0 aliphatic carbocycles. The molecule has 1 saturated heterocycles. The third-order valence-corrected chi connectivity index (χ3v) is 7.70. The average Bonchev–Trinajstić information content (AvgIpc) is 2.92. The van der Waals surface area contributed by atoms with E-state index in [-0.39, 0.29) is 12.3 Å². The number of hydrogen-bond acceptors (Lipinski definition) is 4. The van der Waals surface area contributed by atoms with E-state index < -0.39 is 8.07 Å². The predicted molar refractivity (Wildman–Crippen MR) is 120 cm³/mol. The van der Waals surface area contributed by atoms with Gasteiger partial charge in [-0.1, -0.05) is 38.2 Å². The minimum Gasteiger partial charge on any atom is -0.361 e. The second-order valence-corrected chi connectivity index (χ2v) is 15.4. The van der Waals surface area contributed by atoms with Crippen LogP contribution in [0.4, 0.5) is 0 Å². The van der Waals surface area contributed by atoms with E-state index in [1.54, 1.807) is 0 Å². The third kappa shape index (κ3) is 5.12. The van der Waals surface area contributed by atoms with Crippen molar-refractivity contribution in [1.29, 1.82) is 5.26 Å². The van der Waals surface area contributed by atoms with Gasteiger partial charge in [-0.3, -0.25) is 9.69 Å². The van der Waals surface area contributed by atoms with Crippen molar-refractivity contribution in [2.75, 3.05) is 19.7 Å². The molecular formula is C21H31ClN4O2Si. The van der Waals surface area contributed by atoms with E-state index in [9.17, 15) is 10.1 Å². The minimum absolute atomic E-state index is 0.243. The fourth-order valence-electron chi connectivity index (χ4n) is 3.96. The molecule has 6 nitrogen and oxygen atoms in total. The van der Waals surface area contributed by atoms with Crippen molar-refractivity contribution in [3.8, 4) is 6.07 Å². The molecule has 2 aromatic rings. The van der Waals surface area contributed by atoms with Crippen molar-refractivity contribution in [2.45, 2.75) is 58.7 Å². The number of ether oxygens (including phenoxy) is 1. The molecule has 0 unspecified atom stereocenters. The molecule has 0 amide bonds. The maximum Gasteiger partial charge on any atom is 0.272 e. The lowest BCUT2D eigenvalue weighted by Crippen LogP contribution is -2.34. The number of pyridine rings is 1. The van der Waals surface area contributed by atoms with Gasteiger partial charge in [0, 0.05) is 39.4 Å². The molecule has 29 heavy (non-hydrogen) atoms. The van der Waals surface area contributed by atoms with Crippen LogP contribution in [0.15, 0.2) is 11.0 Å². The molecule has 1 aliphatic heterocycles. The normalized spacial score (nSPS) is 18.3. The first-order valence-corrected chi connectivity index (χ1v) is 14.4.